The smallest absolute Gasteiger partial charge is 0.275 e. The van der Waals surface area contributed by atoms with E-state index in [2.05, 4.69) is 26.2 Å². The third-order valence-corrected chi connectivity index (χ3v) is 3.95. The number of nitrogens with zero attached hydrogens (tertiary/aromatic N) is 1. The molecule has 1 aliphatic heterocycles. The standard InChI is InChI=1S/C16H10BrClN2O/c17-13-7-2-1-4-10(13)9-14-16(21)20-15(19-14)11-5-3-6-12(18)8-11/h1-9H,(H,19,20,21)/b14-9-. The molecule has 0 bridgehead atoms. The molecule has 0 aromatic heterocycles. The van der Waals surface area contributed by atoms with Crippen molar-refractivity contribution in [2.24, 2.45) is 4.99 Å². The summed E-state index contributed by atoms with van der Waals surface area (Å²) < 4.78 is 0.914. The summed E-state index contributed by atoms with van der Waals surface area (Å²) in [7, 11) is 0. The maximum absolute atomic E-state index is 12.0. The second-order valence-electron chi connectivity index (χ2n) is 4.48. The Morgan fingerprint density at radius 1 is 1.14 bits per heavy atom. The number of carbonyl (C=O) groups is 1. The lowest BCUT2D eigenvalue weighted by molar-refractivity contribution is -0.115. The molecule has 0 fully saturated rings. The number of amidine groups is 1. The van der Waals surface area contributed by atoms with Gasteiger partial charge in [-0.05, 0) is 29.8 Å². The summed E-state index contributed by atoms with van der Waals surface area (Å²) in [5, 5.41) is 3.36. The van der Waals surface area contributed by atoms with Crippen molar-refractivity contribution in [1.29, 1.82) is 0 Å². The Bertz CT molecular complexity index is 783. The van der Waals surface area contributed by atoms with Crippen molar-refractivity contribution < 1.29 is 4.79 Å². The fourth-order valence-electron chi connectivity index (χ4n) is 1.98. The zero-order valence-corrected chi connectivity index (χ0v) is 13.1. The van der Waals surface area contributed by atoms with E-state index in [9.17, 15) is 4.79 Å². The first-order valence-electron chi connectivity index (χ1n) is 6.26. The van der Waals surface area contributed by atoms with Crippen molar-refractivity contribution >= 4 is 45.3 Å². The highest BCUT2D eigenvalue weighted by atomic mass is 79.9. The van der Waals surface area contributed by atoms with Crippen LogP contribution in [0.2, 0.25) is 5.02 Å². The van der Waals surface area contributed by atoms with E-state index in [0.29, 0.717) is 16.6 Å². The highest BCUT2D eigenvalue weighted by Crippen LogP contribution is 2.22. The maximum atomic E-state index is 12.0. The molecule has 0 atom stereocenters. The van der Waals surface area contributed by atoms with Crippen LogP contribution in [0.1, 0.15) is 11.1 Å². The van der Waals surface area contributed by atoms with Gasteiger partial charge in [0.2, 0.25) is 0 Å². The fourth-order valence-corrected chi connectivity index (χ4v) is 2.57. The summed E-state index contributed by atoms with van der Waals surface area (Å²) in [5.41, 5.74) is 2.06. The maximum Gasteiger partial charge on any atom is 0.275 e. The first-order valence-corrected chi connectivity index (χ1v) is 7.43. The fraction of sp³-hybridized carbons (Fsp3) is 0. The molecule has 1 N–H and O–H groups in total. The van der Waals surface area contributed by atoms with Crippen molar-refractivity contribution in [1.82, 2.24) is 5.32 Å². The Balaban J connectivity index is 1.98. The van der Waals surface area contributed by atoms with E-state index in [1.807, 2.05) is 36.4 Å². The zero-order chi connectivity index (χ0) is 14.8. The van der Waals surface area contributed by atoms with Gasteiger partial charge in [0.05, 0.1) is 0 Å². The molecule has 1 heterocycles. The number of hydrogen-bond acceptors (Lipinski definition) is 2. The Morgan fingerprint density at radius 2 is 1.95 bits per heavy atom. The molecule has 2 aromatic carbocycles. The highest BCUT2D eigenvalue weighted by Gasteiger charge is 2.21. The average molecular weight is 362 g/mol. The summed E-state index contributed by atoms with van der Waals surface area (Å²) >= 11 is 9.41. The van der Waals surface area contributed by atoms with Crippen LogP contribution >= 0.6 is 27.5 Å². The number of halogens is 2. The molecule has 0 radical (unpaired) electrons. The minimum atomic E-state index is -0.222. The van der Waals surface area contributed by atoms with Gasteiger partial charge in [0.15, 0.2) is 0 Å². The molecule has 1 amide bonds. The number of carbonyl (C=O) groups excluding carboxylic acids is 1. The normalized spacial score (nSPS) is 16.0. The first kappa shape index (κ1) is 14.0. The van der Waals surface area contributed by atoms with Crippen LogP contribution in [-0.4, -0.2) is 11.7 Å². The third-order valence-electron chi connectivity index (χ3n) is 2.99. The van der Waals surface area contributed by atoms with Crippen LogP contribution in [-0.2, 0) is 4.79 Å². The molecule has 0 unspecified atom stereocenters. The van der Waals surface area contributed by atoms with Gasteiger partial charge in [-0.3, -0.25) is 4.79 Å². The molecule has 2 aromatic rings. The summed E-state index contributed by atoms with van der Waals surface area (Å²) in [6.45, 7) is 0. The largest absolute Gasteiger partial charge is 0.305 e. The first-order chi connectivity index (χ1) is 10.1. The molecule has 5 heteroatoms. The van der Waals surface area contributed by atoms with Crippen molar-refractivity contribution in [2.75, 3.05) is 0 Å². The van der Waals surface area contributed by atoms with E-state index in [0.717, 1.165) is 15.6 Å². The lowest BCUT2D eigenvalue weighted by Crippen LogP contribution is -2.24. The monoisotopic (exact) mass is 360 g/mol. The molecule has 3 nitrogen and oxygen atoms in total. The molecule has 0 spiro atoms. The summed E-state index contributed by atoms with van der Waals surface area (Å²) in [6, 6.07) is 14.9. The predicted molar refractivity (Wildman–Crippen MR) is 88.3 cm³/mol. The molecule has 3 rings (SSSR count). The zero-order valence-electron chi connectivity index (χ0n) is 10.8. The van der Waals surface area contributed by atoms with Crippen molar-refractivity contribution in [3.8, 4) is 0 Å². The van der Waals surface area contributed by atoms with Gasteiger partial charge in [-0.2, -0.15) is 0 Å². The van der Waals surface area contributed by atoms with Gasteiger partial charge >= 0.3 is 0 Å². The van der Waals surface area contributed by atoms with Crippen LogP contribution in [0.15, 0.2) is 63.7 Å². The van der Waals surface area contributed by atoms with Gasteiger partial charge < -0.3 is 5.32 Å². The average Bonchev–Trinajstić information content (AvgIpc) is 2.83. The van der Waals surface area contributed by atoms with Crippen LogP contribution in [0.25, 0.3) is 6.08 Å². The number of rotatable bonds is 2. The second-order valence-corrected chi connectivity index (χ2v) is 5.77. The Morgan fingerprint density at radius 3 is 2.71 bits per heavy atom. The van der Waals surface area contributed by atoms with E-state index in [1.54, 1.807) is 18.2 Å². The van der Waals surface area contributed by atoms with E-state index in [-0.39, 0.29) is 5.91 Å². The van der Waals surface area contributed by atoms with Crippen LogP contribution in [0.4, 0.5) is 0 Å². The molecule has 0 saturated carbocycles. The summed E-state index contributed by atoms with van der Waals surface area (Å²) in [4.78, 5) is 16.4. The number of benzene rings is 2. The third kappa shape index (κ3) is 3.06. The Labute approximate surface area is 135 Å². The van der Waals surface area contributed by atoms with Crippen LogP contribution in [0.3, 0.4) is 0 Å². The van der Waals surface area contributed by atoms with E-state index in [4.69, 9.17) is 11.6 Å². The quantitative estimate of drug-likeness (QED) is 0.807. The van der Waals surface area contributed by atoms with Crippen LogP contribution in [0, 0.1) is 0 Å². The van der Waals surface area contributed by atoms with Crippen LogP contribution in [0.5, 0.6) is 0 Å². The second kappa shape index (κ2) is 5.84. The number of hydrogen-bond donors (Lipinski definition) is 1. The van der Waals surface area contributed by atoms with Gasteiger partial charge in [-0.25, -0.2) is 4.99 Å². The summed E-state index contributed by atoms with van der Waals surface area (Å²) in [6.07, 6.45) is 1.75. The lowest BCUT2D eigenvalue weighted by Gasteiger charge is -2.00. The van der Waals surface area contributed by atoms with Gasteiger partial charge in [-0.15, -0.1) is 0 Å². The van der Waals surface area contributed by atoms with Crippen molar-refractivity contribution in [2.45, 2.75) is 0 Å². The molecule has 0 aliphatic carbocycles. The lowest BCUT2D eigenvalue weighted by atomic mass is 10.2. The van der Waals surface area contributed by atoms with Gasteiger partial charge in [0.1, 0.15) is 11.5 Å². The topological polar surface area (TPSA) is 41.5 Å². The van der Waals surface area contributed by atoms with Crippen LogP contribution < -0.4 is 5.32 Å². The van der Waals surface area contributed by atoms with Crippen molar-refractivity contribution in [3.05, 3.63) is 74.9 Å². The van der Waals surface area contributed by atoms with Gasteiger partial charge in [0.25, 0.3) is 5.91 Å². The van der Waals surface area contributed by atoms with E-state index < -0.39 is 0 Å². The van der Waals surface area contributed by atoms with Crippen molar-refractivity contribution in [3.63, 3.8) is 0 Å². The van der Waals surface area contributed by atoms with Gasteiger partial charge in [-0.1, -0.05) is 57.9 Å². The number of nitrogens with one attached hydrogen (secondary N) is 1. The van der Waals surface area contributed by atoms with E-state index in [1.165, 1.54) is 0 Å². The molecular formula is C16H10BrClN2O. The highest BCUT2D eigenvalue weighted by molar-refractivity contribution is 9.10. The Kier molecular flexibility index (Phi) is 3.90. The number of aliphatic imine (C=N–C) groups is 1. The Hall–Kier alpha value is -1.91. The summed E-state index contributed by atoms with van der Waals surface area (Å²) in [5.74, 6) is 0.293. The minimum Gasteiger partial charge on any atom is -0.305 e. The minimum absolute atomic E-state index is 0.222. The molecular weight excluding hydrogens is 352 g/mol. The molecule has 0 saturated heterocycles. The number of amides is 1. The molecule has 21 heavy (non-hydrogen) atoms. The van der Waals surface area contributed by atoms with Gasteiger partial charge in [0, 0.05) is 15.1 Å². The van der Waals surface area contributed by atoms with E-state index >= 15 is 0 Å². The SMILES string of the molecule is O=C1NC(c2cccc(Cl)c2)=N/C1=C\c1ccccc1Br. The predicted octanol–water partition coefficient (Wildman–Crippen LogP) is 4.02. The molecule has 104 valence electrons. The molecule has 1 aliphatic rings.